The maximum atomic E-state index is 5.40. The molecule has 0 amide bonds. The zero-order valence-corrected chi connectivity index (χ0v) is 10.8. The van der Waals surface area contributed by atoms with E-state index in [-0.39, 0.29) is 0 Å². The highest BCUT2D eigenvalue weighted by atomic mass is 16.5. The van der Waals surface area contributed by atoms with Crippen molar-refractivity contribution in [1.29, 1.82) is 0 Å². The molecule has 94 valence electrons. The van der Waals surface area contributed by atoms with E-state index in [0.29, 0.717) is 6.04 Å². The van der Waals surface area contributed by atoms with E-state index in [2.05, 4.69) is 23.3 Å². The van der Waals surface area contributed by atoms with E-state index in [1.54, 1.807) is 14.2 Å². The topological polar surface area (TPSA) is 43.4 Å². The van der Waals surface area contributed by atoms with Crippen molar-refractivity contribution in [2.45, 2.75) is 19.4 Å². The van der Waals surface area contributed by atoms with Crippen LogP contribution < -0.4 is 14.8 Å². The molecule has 1 unspecified atom stereocenters. The lowest BCUT2D eigenvalue weighted by Crippen LogP contribution is -2.08. The number of ether oxygens (including phenoxy) is 2. The summed E-state index contributed by atoms with van der Waals surface area (Å²) in [5, 5.41) is 4.38. The predicted octanol–water partition coefficient (Wildman–Crippen LogP) is 2.61. The number of nitrogens with zero attached hydrogens (tertiary/aromatic N) is 1. The Labute approximate surface area is 106 Å². The molecule has 3 rings (SSSR count). The summed E-state index contributed by atoms with van der Waals surface area (Å²) in [4.78, 5) is 4.67. The number of pyridine rings is 1. The van der Waals surface area contributed by atoms with Gasteiger partial charge < -0.3 is 14.8 Å². The van der Waals surface area contributed by atoms with Gasteiger partial charge in [-0.1, -0.05) is 0 Å². The number of hydrogen-bond donors (Lipinski definition) is 1. The molecule has 0 saturated carbocycles. The molecule has 1 aromatic carbocycles. The van der Waals surface area contributed by atoms with E-state index in [9.17, 15) is 0 Å². The van der Waals surface area contributed by atoms with Crippen LogP contribution in [-0.4, -0.2) is 25.2 Å². The van der Waals surface area contributed by atoms with Crippen LogP contribution in [0.3, 0.4) is 0 Å². The fourth-order valence-electron chi connectivity index (χ4n) is 2.49. The molecule has 4 nitrogen and oxygen atoms in total. The maximum Gasteiger partial charge on any atom is 0.145 e. The van der Waals surface area contributed by atoms with E-state index < -0.39 is 0 Å². The zero-order chi connectivity index (χ0) is 12.7. The van der Waals surface area contributed by atoms with Crippen LogP contribution in [0.15, 0.2) is 18.2 Å². The van der Waals surface area contributed by atoms with Crippen LogP contribution in [0, 0.1) is 0 Å². The largest absolute Gasteiger partial charge is 0.496 e. The molecule has 1 aromatic heterocycles. The molecule has 1 N–H and O–H groups in total. The molecule has 0 aliphatic carbocycles. The van der Waals surface area contributed by atoms with Gasteiger partial charge in [0.2, 0.25) is 0 Å². The number of nitrogens with one attached hydrogen (secondary N) is 1. The molecule has 4 heteroatoms. The smallest absolute Gasteiger partial charge is 0.145 e. The minimum atomic E-state index is 0.432. The van der Waals surface area contributed by atoms with Crippen molar-refractivity contribution >= 4 is 16.7 Å². The number of benzene rings is 1. The van der Waals surface area contributed by atoms with Crippen molar-refractivity contribution in [2.24, 2.45) is 0 Å². The number of aromatic nitrogens is 1. The summed E-state index contributed by atoms with van der Waals surface area (Å²) >= 11 is 0. The maximum absolute atomic E-state index is 5.40. The van der Waals surface area contributed by atoms with Gasteiger partial charge >= 0.3 is 0 Å². The van der Waals surface area contributed by atoms with Crippen molar-refractivity contribution < 1.29 is 9.47 Å². The van der Waals surface area contributed by atoms with E-state index in [1.807, 2.05) is 12.1 Å². The SMILES string of the molecule is COc1ccc(OC)c2nc3c(cc12)CC(C)N3. The first kappa shape index (κ1) is 11.1. The van der Waals surface area contributed by atoms with E-state index >= 15 is 0 Å². The minimum absolute atomic E-state index is 0.432. The molecule has 1 aliphatic heterocycles. The zero-order valence-electron chi connectivity index (χ0n) is 10.8. The van der Waals surface area contributed by atoms with Gasteiger partial charge in [0.1, 0.15) is 22.8 Å². The van der Waals surface area contributed by atoms with Gasteiger partial charge in [-0.25, -0.2) is 4.98 Å². The Morgan fingerprint density at radius 1 is 1.22 bits per heavy atom. The molecule has 0 radical (unpaired) electrons. The van der Waals surface area contributed by atoms with Crippen LogP contribution >= 0.6 is 0 Å². The Bertz CT molecular complexity index is 558. The van der Waals surface area contributed by atoms with Crippen LogP contribution in [0.4, 0.5) is 5.82 Å². The van der Waals surface area contributed by atoms with Crippen LogP contribution in [0.5, 0.6) is 11.5 Å². The first-order valence-corrected chi connectivity index (χ1v) is 6.04. The summed E-state index contributed by atoms with van der Waals surface area (Å²) in [7, 11) is 3.33. The lowest BCUT2D eigenvalue weighted by Gasteiger charge is -2.10. The van der Waals surface area contributed by atoms with Gasteiger partial charge in [-0.3, -0.25) is 0 Å². The fourth-order valence-corrected chi connectivity index (χ4v) is 2.49. The third-order valence-electron chi connectivity index (χ3n) is 3.34. The second-order valence-corrected chi connectivity index (χ2v) is 4.61. The van der Waals surface area contributed by atoms with Crippen molar-refractivity contribution in [2.75, 3.05) is 19.5 Å². The number of fused-ring (bicyclic) bond motifs is 2. The predicted molar refractivity (Wildman–Crippen MR) is 71.6 cm³/mol. The number of hydrogen-bond acceptors (Lipinski definition) is 4. The first-order chi connectivity index (χ1) is 8.72. The molecular formula is C14H16N2O2. The summed E-state index contributed by atoms with van der Waals surface area (Å²) in [6.45, 7) is 2.15. The molecule has 0 spiro atoms. The second-order valence-electron chi connectivity index (χ2n) is 4.61. The van der Waals surface area contributed by atoms with Gasteiger partial charge in [-0.2, -0.15) is 0 Å². The standard InChI is InChI=1S/C14H16N2O2/c1-8-6-9-7-10-11(17-2)4-5-12(18-3)13(10)16-14(9)15-8/h4-5,7-8H,6H2,1-3H3,(H,15,16). The van der Waals surface area contributed by atoms with Crippen LogP contribution in [0.2, 0.25) is 0 Å². The average Bonchev–Trinajstić information content (AvgIpc) is 2.73. The summed E-state index contributed by atoms with van der Waals surface area (Å²) in [5.41, 5.74) is 2.08. The number of rotatable bonds is 2. The van der Waals surface area contributed by atoms with Gasteiger partial charge in [0, 0.05) is 11.4 Å². The van der Waals surface area contributed by atoms with Crippen molar-refractivity contribution in [1.82, 2.24) is 4.98 Å². The molecule has 2 heterocycles. The third kappa shape index (κ3) is 1.56. The van der Waals surface area contributed by atoms with E-state index in [0.717, 1.165) is 34.6 Å². The van der Waals surface area contributed by atoms with Gasteiger partial charge in [0.25, 0.3) is 0 Å². The Kier molecular flexibility index (Phi) is 2.51. The van der Waals surface area contributed by atoms with Crippen LogP contribution in [0.25, 0.3) is 10.9 Å². The fraction of sp³-hybridized carbons (Fsp3) is 0.357. The highest BCUT2D eigenvalue weighted by Crippen LogP contribution is 2.36. The van der Waals surface area contributed by atoms with Gasteiger partial charge in [0.15, 0.2) is 0 Å². The van der Waals surface area contributed by atoms with Crippen LogP contribution in [-0.2, 0) is 6.42 Å². The lowest BCUT2D eigenvalue weighted by atomic mass is 10.1. The van der Waals surface area contributed by atoms with E-state index in [4.69, 9.17) is 9.47 Å². The molecule has 1 atom stereocenters. The lowest BCUT2D eigenvalue weighted by molar-refractivity contribution is 0.410. The Balaban J connectivity index is 2.29. The summed E-state index contributed by atoms with van der Waals surface area (Å²) in [6, 6.07) is 6.39. The highest BCUT2D eigenvalue weighted by Gasteiger charge is 2.21. The molecular weight excluding hydrogens is 228 g/mol. The molecule has 0 bridgehead atoms. The van der Waals surface area contributed by atoms with Crippen LogP contribution in [0.1, 0.15) is 12.5 Å². The Hall–Kier alpha value is -1.97. The monoisotopic (exact) mass is 244 g/mol. The van der Waals surface area contributed by atoms with Gasteiger partial charge in [-0.15, -0.1) is 0 Å². The van der Waals surface area contributed by atoms with Gasteiger partial charge in [-0.05, 0) is 37.1 Å². The summed E-state index contributed by atoms with van der Waals surface area (Å²) < 4.78 is 10.8. The molecule has 2 aromatic rings. The Morgan fingerprint density at radius 3 is 2.67 bits per heavy atom. The summed E-state index contributed by atoms with van der Waals surface area (Å²) in [6.07, 6.45) is 0.999. The quantitative estimate of drug-likeness (QED) is 0.881. The van der Waals surface area contributed by atoms with Gasteiger partial charge in [0.05, 0.1) is 14.2 Å². The third-order valence-corrected chi connectivity index (χ3v) is 3.34. The Morgan fingerprint density at radius 2 is 1.94 bits per heavy atom. The van der Waals surface area contributed by atoms with Crippen molar-refractivity contribution in [3.63, 3.8) is 0 Å². The average molecular weight is 244 g/mol. The van der Waals surface area contributed by atoms with Crippen molar-refractivity contribution in [3.05, 3.63) is 23.8 Å². The number of anilines is 1. The molecule has 0 saturated heterocycles. The van der Waals surface area contributed by atoms with Crippen molar-refractivity contribution in [3.8, 4) is 11.5 Å². The molecule has 0 fully saturated rings. The first-order valence-electron chi connectivity index (χ1n) is 6.04. The second kappa shape index (κ2) is 4.05. The summed E-state index contributed by atoms with van der Waals surface area (Å²) in [5.74, 6) is 2.57. The molecule has 1 aliphatic rings. The molecule has 18 heavy (non-hydrogen) atoms. The highest BCUT2D eigenvalue weighted by molar-refractivity contribution is 5.92. The minimum Gasteiger partial charge on any atom is -0.496 e. The number of methoxy groups -OCH3 is 2. The normalized spacial score (nSPS) is 17.4. The van der Waals surface area contributed by atoms with E-state index in [1.165, 1.54) is 5.56 Å².